The molecule has 5 heteroatoms. The van der Waals surface area contributed by atoms with Gasteiger partial charge >= 0.3 is 0 Å². The number of benzene rings is 1. The summed E-state index contributed by atoms with van der Waals surface area (Å²) in [5.41, 5.74) is 0.0988. The van der Waals surface area contributed by atoms with Crippen molar-refractivity contribution in [1.82, 2.24) is 9.55 Å². The van der Waals surface area contributed by atoms with Crippen molar-refractivity contribution >= 4 is 5.95 Å². The van der Waals surface area contributed by atoms with E-state index >= 15 is 0 Å². The molecule has 0 bridgehead atoms. The van der Waals surface area contributed by atoms with Gasteiger partial charge in [0.15, 0.2) is 0 Å². The van der Waals surface area contributed by atoms with Crippen LogP contribution in [0.2, 0.25) is 0 Å². The number of rotatable bonds is 1. The number of nitrogens with zero attached hydrogens (tertiary/aromatic N) is 2. The van der Waals surface area contributed by atoms with E-state index in [2.05, 4.69) is 10.3 Å². The van der Waals surface area contributed by atoms with E-state index < -0.39 is 11.6 Å². The van der Waals surface area contributed by atoms with Gasteiger partial charge < -0.3 is 9.88 Å². The fraction of sp³-hybridized carbons (Fsp3) is 0.250. The fourth-order valence-electron chi connectivity index (χ4n) is 2.19. The van der Waals surface area contributed by atoms with Crippen molar-refractivity contribution in [2.75, 3.05) is 5.32 Å². The lowest BCUT2D eigenvalue weighted by atomic mass is 10.0. The molecule has 88 valence electrons. The van der Waals surface area contributed by atoms with Crippen LogP contribution in [0.25, 0.3) is 0 Å². The van der Waals surface area contributed by atoms with Crippen molar-refractivity contribution in [3.63, 3.8) is 0 Å². The van der Waals surface area contributed by atoms with Gasteiger partial charge in [0.2, 0.25) is 5.95 Å². The van der Waals surface area contributed by atoms with Gasteiger partial charge in [-0.3, -0.25) is 0 Å². The van der Waals surface area contributed by atoms with Crippen LogP contribution in [0.15, 0.2) is 30.6 Å². The molecule has 1 unspecified atom stereocenters. The molecule has 0 spiro atoms. The molecule has 1 N–H and O–H groups in total. The van der Waals surface area contributed by atoms with Crippen molar-refractivity contribution in [3.05, 3.63) is 47.8 Å². The maximum atomic E-state index is 13.6. The Hall–Kier alpha value is -1.91. The molecule has 1 aliphatic rings. The van der Waals surface area contributed by atoms with E-state index in [1.54, 1.807) is 6.20 Å². The SMILES string of the molecule is Fc1cccc(F)c1C1CCn2ccnc2N1. The van der Waals surface area contributed by atoms with Gasteiger partial charge in [0.05, 0.1) is 6.04 Å². The van der Waals surface area contributed by atoms with Gasteiger partial charge in [-0.05, 0) is 18.6 Å². The number of nitrogens with one attached hydrogen (secondary N) is 1. The lowest BCUT2D eigenvalue weighted by molar-refractivity contribution is 0.485. The smallest absolute Gasteiger partial charge is 0.203 e. The summed E-state index contributed by atoms with van der Waals surface area (Å²) in [7, 11) is 0. The zero-order valence-corrected chi connectivity index (χ0v) is 9.03. The van der Waals surface area contributed by atoms with Gasteiger partial charge in [-0.25, -0.2) is 13.8 Å². The zero-order chi connectivity index (χ0) is 11.8. The largest absolute Gasteiger partial charge is 0.349 e. The number of aromatic nitrogens is 2. The van der Waals surface area contributed by atoms with Crippen molar-refractivity contribution in [1.29, 1.82) is 0 Å². The Labute approximate surface area is 97.1 Å². The molecule has 0 fully saturated rings. The molecule has 1 atom stereocenters. The molecular weight excluding hydrogens is 224 g/mol. The third-order valence-electron chi connectivity index (χ3n) is 3.03. The molecule has 0 amide bonds. The van der Waals surface area contributed by atoms with Crippen LogP contribution in [0.4, 0.5) is 14.7 Å². The number of hydrogen-bond donors (Lipinski definition) is 1. The molecule has 2 heterocycles. The Morgan fingerprint density at radius 2 is 2.06 bits per heavy atom. The molecule has 3 nitrogen and oxygen atoms in total. The highest BCUT2D eigenvalue weighted by atomic mass is 19.1. The first-order valence-corrected chi connectivity index (χ1v) is 5.47. The predicted octanol–water partition coefficient (Wildman–Crippen LogP) is 2.72. The molecule has 1 aromatic carbocycles. The van der Waals surface area contributed by atoms with Crippen molar-refractivity contribution in [2.24, 2.45) is 0 Å². The zero-order valence-electron chi connectivity index (χ0n) is 9.03. The number of hydrogen-bond acceptors (Lipinski definition) is 2. The fourth-order valence-corrected chi connectivity index (χ4v) is 2.19. The maximum absolute atomic E-state index is 13.6. The molecule has 0 aliphatic carbocycles. The number of halogens is 2. The number of fused-ring (bicyclic) bond motifs is 1. The van der Waals surface area contributed by atoms with Crippen LogP contribution < -0.4 is 5.32 Å². The summed E-state index contributed by atoms with van der Waals surface area (Å²) in [4.78, 5) is 4.10. The number of aryl methyl sites for hydroxylation is 1. The third kappa shape index (κ3) is 1.67. The molecule has 0 radical (unpaired) electrons. The summed E-state index contributed by atoms with van der Waals surface area (Å²) >= 11 is 0. The van der Waals surface area contributed by atoms with Crippen LogP contribution in [-0.2, 0) is 6.54 Å². The maximum Gasteiger partial charge on any atom is 0.203 e. The van der Waals surface area contributed by atoms with Gasteiger partial charge in [0.1, 0.15) is 11.6 Å². The van der Waals surface area contributed by atoms with Gasteiger partial charge in [0, 0.05) is 24.5 Å². The number of anilines is 1. The van der Waals surface area contributed by atoms with Gasteiger partial charge in [0.25, 0.3) is 0 Å². The molecular formula is C12H11F2N3. The third-order valence-corrected chi connectivity index (χ3v) is 3.03. The van der Waals surface area contributed by atoms with Crippen LogP contribution in [0.3, 0.4) is 0 Å². The minimum atomic E-state index is -0.512. The van der Waals surface area contributed by atoms with Crippen molar-refractivity contribution in [2.45, 2.75) is 19.0 Å². The van der Waals surface area contributed by atoms with E-state index in [-0.39, 0.29) is 11.6 Å². The van der Waals surface area contributed by atoms with Gasteiger partial charge in [-0.2, -0.15) is 0 Å². The second-order valence-electron chi connectivity index (χ2n) is 4.07. The molecule has 0 saturated carbocycles. The van der Waals surface area contributed by atoms with Crippen molar-refractivity contribution < 1.29 is 8.78 Å². The van der Waals surface area contributed by atoms with Gasteiger partial charge in [-0.15, -0.1) is 0 Å². The topological polar surface area (TPSA) is 29.9 Å². The lowest BCUT2D eigenvalue weighted by Crippen LogP contribution is -2.23. The van der Waals surface area contributed by atoms with E-state index in [1.807, 2.05) is 10.8 Å². The summed E-state index contributed by atoms with van der Waals surface area (Å²) in [5, 5.41) is 3.05. The summed E-state index contributed by atoms with van der Waals surface area (Å²) in [6.07, 6.45) is 4.15. The molecule has 0 saturated heterocycles. The average molecular weight is 235 g/mol. The summed E-state index contributed by atoms with van der Waals surface area (Å²) in [6, 6.07) is 3.58. The first-order chi connectivity index (χ1) is 8.25. The summed E-state index contributed by atoms with van der Waals surface area (Å²) in [5.74, 6) is -0.367. The molecule has 3 rings (SSSR count). The standard InChI is InChI=1S/C12H11F2N3/c13-8-2-1-3-9(14)11(8)10-4-6-17-7-5-15-12(17)16-10/h1-3,5,7,10H,4,6H2,(H,15,16). The summed E-state index contributed by atoms with van der Waals surface area (Å²) < 4.78 is 29.2. The Bertz CT molecular complexity index is 530. The van der Waals surface area contributed by atoms with Crippen LogP contribution in [0.5, 0.6) is 0 Å². The predicted molar refractivity (Wildman–Crippen MR) is 59.6 cm³/mol. The Morgan fingerprint density at radius 3 is 2.82 bits per heavy atom. The molecule has 1 aromatic heterocycles. The second kappa shape index (κ2) is 3.84. The normalized spacial score (nSPS) is 18.6. The highest BCUT2D eigenvalue weighted by molar-refractivity contribution is 5.36. The van der Waals surface area contributed by atoms with E-state index in [1.165, 1.54) is 18.2 Å². The first-order valence-electron chi connectivity index (χ1n) is 5.47. The van der Waals surface area contributed by atoms with Crippen LogP contribution in [-0.4, -0.2) is 9.55 Å². The quantitative estimate of drug-likeness (QED) is 0.823. The minimum Gasteiger partial charge on any atom is -0.349 e. The second-order valence-corrected chi connectivity index (χ2v) is 4.07. The van der Waals surface area contributed by atoms with Crippen LogP contribution in [0, 0.1) is 11.6 Å². The molecule has 17 heavy (non-hydrogen) atoms. The van der Waals surface area contributed by atoms with Gasteiger partial charge in [-0.1, -0.05) is 6.07 Å². The van der Waals surface area contributed by atoms with Crippen LogP contribution >= 0.6 is 0 Å². The van der Waals surface area contributed by atoms with E-state index in [0.717, 1.165) is 0 Å². The molecule has 1 aliphatic heterocycles. The Morgan fingerprint density at radius 1 is 1.29 bits per heavy atom. The average Bonchev–Trinajstić information content (AvgIpc) is 2.76. The Kier molecular flexibility index (Phi) is 2.31. The van der Waals surface area contributed by atoms with E-state index in [9.17, 15) is 8.78 Å². The Balaban J connectivity index is 1.97. The highest BCUT2D eigenvalue weighted by Gasteiger charge is 2.24. The number of imidazole rings is 1. The molecule has 2 aromatic rings. The lowest BCUT2D eigenvalue weighted by Gasteiger charge is -2.26. The van der Waals surface area contributed by atoms with Crippen LogP contribution in [0.1, 0.15) is 18.0 Å². The van der Waals surface area contributed by atoms with Crippen molar-refractivity contribution in [3.8, 4) is 0 Å². The minimum absolute atomic E-state index is 0.0988. The monoisotopic (exact) mass is 235 g/mol. The highest BCUT2D eigenvalue weighted by Crippen LogP contribution is 2.30. The van der Waals surface area contributed by atoms with E-state index in [4.69, 9.17) is 0 Å². The van der Waals surface area contributed by atoms with E-state index in [0.29, 0.717) is 18.9 Å². The summed E-state index contributed by atoms with van der Waals surface area (Å²) in [6.45, 7) is 0.709. The first kappa shape index (κ1) is 10.3.